The quantitative estimate of drug-likeness (QED) is 0.542. The standard InChI is InChI=1S/C4H6OTe/c5-4-1-2-6-3-4/h1-2,4-5H,3H2. The molecule has 0 spiro atoms. The fourth-order valence-electron chi connectivity index (χ4n) is 0.356. The first kappa shape index (κ1) is 4.64. The van der Waals surface area contributed by atoms with Crippen LogP contribution in [-0.2, 0) is 0 Å². The Morgan fingerprint density at radius 2 is 2.67 bits per heavy atom. The van der Waals surface area contributed by atoms with Crippen molar-refractivity contribution in [1.29, 1.82) is 0 Å². The zero-order chi connectivity index (χ0) is 4.41. The van der Waals surface area contributed by atoms with Crippen LogP contribution in [0.3, 0.4) is 0 Å². The molecular weight excluding hydrogens is 192 g/mol. The Labute approximate surface area is 47.1 Å². The van der Waals surface area contributed by atoms with Gasteiger partial charge in [-0.05, 0) is 0 Å². The van der Waals surface area contributed by atoms with Crippen molar-refractivity contribution >= 4 is 20.9 Å². The van der Waals surface area contributed by atoms with E-state index in [-0.39, 0.29) is 27.0 Å². The van der Waals surface area contributed by atoms with Gasteiger partial charge in [-0.1, -0.05) is 0 Å². The Hall–Kier alpha value is 0.490. The van der Waals surface area contributed by atoms with Crippen LogP contribution >= 0.6 is 0 Å². The van der Waals surface area contributed by atoms with Gasteiger partial charge >= 0.3 is 46.8 Å². The second-order valence-corrected chi connectivity index (χ2v) is 3.91. The summed E-state index contributed by atoms with van der Waals surface area (Å²) in [7, 11) is 0. The van der Waals surface area contributed by atoms with Crippen molar-refractivity contribution in [1.82, 2.24) is 0 Å². The summed E-state index contributed by atoms with van der Waals surface area (Å²) in [6, 6.07) is 0. The molecule has 0 saturated heterocycles. The minimum atomic E-state index is -0.0765. The molecule has 1 atom stereocenters. The number of rotatable bonds is 0. The first-order valence-electron chi connectivity index (χ1n) is 1.86. The van der Waals surface area contributed by atoms with Crippen LogP contribution in [0.2, 0.25) is 4.47 Å². The van der Waals surface area contributed by atoms with E-state index in [0.717, 1.165) is 4.47 Å². The van der Waals surface area contributed by atoms with Crippen LogP contribution in [-0.4, -0.2) is 32.1 Å². The van der Waals surface area contributed by atoms with Crippen LogP contribution in [0, 0.1) is 0 Å². The predicted octanol–water partition coefficient (Wildman–Crippen LogP) is -0.00290. The molecular formula is C4H6OTe. The monoisotopic (exact) mass is 200 g/mol. The predicted molar refractivity (Wildman–Crippen MR) is 25.7 cm³/mol. The van der Waals surface area contributed by atoms with Gasteiger partial charge in [0.05, 0.1) is 0 Å². The third-order valence-electron chi connectivity index (χ3n) is 0.664. The fourth-order valence-corrected chi connectivity index (χ4v) is 2.39. The van der Waals surface area contributed by atoms with E-state index >= 15 is 0 Å². The van der Waals surface area contributed by atoms with Gasteiger partial charge in [-0.2, -0.15) is 0 Å². The normalized spacial score (nSPS) is 31.8. The Kier molecular flexibility index (Phi) is 1.53. The van der Waals surface area contributed by atoms with Gasteiger partial charge in [-0.3, -0.25) is 0 Å². The SMILES string of the molecule is OC1C=C[Te]C1. The molecule has 1 aliphatic rings. The third-order valence-corrected chi connectivity index (χ3v) is 3.19. The van der Waals surface area contributed by atoms with Crippen LogP contribution in [0.1, 0.15) is 0 Å². The molecule has 1 rings (SSSR count). The van der Waals surface area contributed by atoms with Crippen LogP contribution in [0.25, 0.3) is 0 Å². The van der Waals surface area contributed by atoms with Crippen molar-refractivity contribution in [3.63, 3.8) is 0 Å². The van der Waals surface area contributed by atoms with E-state index in [1.807, 2.05) is 6.08 Å². The average Bonchev–Trinajstić information content (AvgIpc) is 1.86. The molecule has 0 fully saturated rings. The summed E-state index contributed by atoms with van der Waals surface area (Å²) in [5, 5.41) is 8.67. The topological polar surface area (TPSA) is 20.2 Å². The van der Waals surface area contributed by atoms with Crippen molar-refractivity contribution in [2.24, 2.45) is 0 Å². The van der Waals surface area contributed by atoms with E-state index in [9.17, 15) is 0 Å². The molecule has 0 radical (unpaired) electrons. The summed E-state index contributed by atoms with van der Waals surface area (Å²) in [4.78, 5) is 0. The van der Waals surface area contributed by atoms with Gasteiger partial charge in [0.25, 0.3) is 0 Å². The summed E-state index contributed by atoms with van der Waals surface area (Å²) < 4.78 is 3.20. The van der Waals surface area contributed by atoms with Gasteiger partial charge in [0.1, 0.15) is 0 Å². The number of hydrogen-bond acceptors (Lipinski definition) is 1. The van der Waals surface area contributed by atoms with Crippen molar-refractivity contribution < 1.29 is 5.11 Å². The molecule has 0 amide bonds. The van der Waals surface area contributed by atoms with Crippen LogP contribution in [0.4, 0.5) is 0 Å². The minimum absolute atomic E-state index is 0.0765. The molecule has 1 nitrogen and oxygen atoms in total. The molecule has 2 heteroatoms. The molecule has 6 heavy (non-hydrogen) atoms. The number of hydrogen-bond donors (Lipinski definition) is 1. The molecule has 1 N–H and O–H groups in total. The van der Waals surface area contributed by atoms with Gasteiger partial charge < -0.3 is 0 Å². The van der Waals surface area contributed by atoms with Crippen LogP contribution in [0.5, 0.6) is 0 Å². The summed E-state index contributed by atoms with van der Waals surface area (Å²) in [6.07, 6.45) is 1.81. The van der Waals surface area contributed by atoms with Crippen LogP contribution < -0.4 is 0 Å². The molecule has 0 aliphatic carbocycles. The third kappa shape index (κ3) is 0.975. The van der Waals surface area contributed by atoms with E-state index in [4.69, 9.17) is 5.11 Å². The first-order valence-corrected chi connectivity index (χ1v) is 4.85. The van der Waals surface area contributed by atoms with E-state index in [2.05, 4.69) is 4.12 Å². The van der Waals surface area contributed by atoms with Gasteiger partial charge in [0, 0.05) is 0 Å². The van der Waals surface area contributed by atoms with E-state index in [1.165, 1.54) is 0 Å². The molecule has 1 unspecified atom stereocenters. The van der Waals surface area contributed by atoms with Crippen molar-refractivity contribution in [2.45, 2.75) is 10.6 Å². The second-order valence-electron chi connectivity index (χ2n) is 1.23. The Bertz CT molecular complexity index is 69.9. The Morgan fingerprint density at radius 1 is 1.83 bits per heavy atom. The molecule has 1 heterocycles. The first-order chi connectivity index (χ1) is 2.89. The molecule has 0 aromatic carbocycles. The zero-order valence-corrected chi connectivity index (χ0v) is 5.62. The number of aliphatic hydroxyl groups is 1. The zero-order valence-electron chi connectivity index (χ0n) is 3.29. The maximum absolute atomic E-state index is 8.67. The van der Waals surface area contributed by atoms with Crippen molar-refractivity contribution in [3.05, 3.63) is 10.2 Å². The Morgan fingerprint density at radius 3 is 2.83 bits per heavy atom. The van der Waals surface area contributed by atoms with E-state index in [1.54, 1.807) is 0 Å². The van der Waals surface area contributed by atoms with Gasteiger partial charge in [0.2, 0.25) is 0 Å². The van der Waals surface area contributed by atoms with E-state index < -0.39 is 0 Å². The molecule has 1 aliphatic heterocycles. The summed E-state index contributed by atoms with van der Waals surface area (Å²) in [6.45, 7) is 0. The second kappa shape index (κ2) is 1.97. The van der Waals surface area contributed by atoms with Gasteiger partial charge in [-0.25, -0.2) is 0 Å². The Balaban J connectivity index is 2.38. The summed E-state index contributed by atoms with van der Waals surface area (Å²) in [5.74, 6) is 0. The van der Waals surface area contributed by atoms with Crippen molar-refractivity contribution in [3.8, 4) is 0 Å². The number of aliphatic hydroxyl groups excluding tert-OH is 1. The van der Waals surface area contributed by atoms with Gasteiger partial charge in [-0.15, -0.1) is 0 Å². The average molecular weight is 198 g/mol. The van der Waals surface area contributed by atoms with E-state index in [0.29, 0.717) is 0 Å². The maximum atomic E-state index is 8.67. The van der Waals surface area contributed by atoms with Crippen LogP contribution in [0.15, 0.2) is 10.2 Å². The molecule has 0 aromatic heterocycles. The molecule has 0 bridgehead atoms. The molecule has 0 aromatic rings. The van der Waals surface area contributed by atoms with Crippen molar-refractivity contribution in [2.75, 3.05) is 0 Å². The summed E-state index contributed by atoms with van der Waals surface area (Å²) in [5.41, 5.74) is 0. The molecule has 34 valence electrons. The fraction of sp³-hybridized carbons (Fsp3) is 0.500. The van der Waals surface area contributed by atoms with Gasteiger partial charge in [0.15, 0.2) is 0 Å². The summed E-state index contributed by atoms with van der Waals surface area (Å²) >= 11 is 0.129. The molecule has 0 saturated carbocycles.